The highest BCUT2D eigenvalue weighted by molar-refractivity contribution is 6.36. The zero-order valence-electron chi connectivity index (χ0n) is 14.5. The number of benzene rings is 1. The first-order valence-corrected chi connectivity index (χ1v) is 9.21. The first kappa shape index (κ1) is 17.5. The number of nitrogens with zero attached hydrogens (tertiary/aromatic N) is 5. The van der Waals surface area contributed by atoms with Gasteiger partial charge in [-0.25, -0.2) is 4.39 Å². The predicted molar refractivity (Wildman–Crippen MR) is 101 cm³/mol. The largest absolute Gasteiger partial charge is 0.356 e. The van der Waals surface area contributed by atoms with Crippen molar-refractivity contribution in [3.63, 3.8) is 0 Å². The summed E-state index contributed by atoms with van der Waals surface area (Å²) < 4.78 is 16.3. The molecule has 3 heterocycles. The van der Waals surface area contributed by atoms with Crippen LogP contribution in [-0.2, 0) is 0 Å². The second-order valence-corrected chi connectivity index (χ2v) is 8.09. The van der Waals surface area contributed by atoms with Gasteiger partial charge in [-0.1, -0.05) is 43.1 Å². The first-order valence-electron chi connectivity index (χ1n) is 8.46. The van der Waals surface area contributed by atoms with Crippen LogP contribution in [0.25, 0.3) is 16.9 Å². The molecule has 4 rings (SSSR count). The second kappa shape index (κ2) is 6.35. The minimum absolute atomic E-state index is 0.164. The molecule has 1 fully saturated rings. The lowest BCUT2D eigenvalue weighted by molar-refractivity contribution is 0.278. The Kier molecular flexibility index (Phi) is 4.28. The lowest BCUT2D eigenvalue weighted by Crippen LogP contribution is -2.38. The summed E-state index contributed by atoms with van der Waals surface area (Å²) in [6.45, 7) is 6.12. The van der Waals surface area contributed by atoms with Gasteiger partial charge in [-0.05, 0) is 30.4 Å². The van der Waals surface area contributed by atoms with E-state index in [1.165, 1.54) is 12.4 Å². The smallest absolute Gasteiger partial charge is 0.255 e. The number of hydrogen-bond donors (Lipinski definition) is 0. The molecule has 1 aliphatic heterocycles. The van der Waals surface area contributed by atoms with E-state index in [2.05, 4.69) is 33.8 Å². The normalized spacial score (nSPS) is 17.0. The monoisotopic (exact) mass is 393 g/mol. The topological polar surface area (TPSA) is 46.3 Å². The van der Waals surface area contributed by atoms with E-state index in [0.29, 0.717) is 17.2 Å². The van der Waals surface area contributed by atoms with Crippen LogP contribution in [0.5, 0.6) is 0 Å². The lowest BCUT2D eigenvalue weighted by Gasteiger charge is -2.38. The van der Waals surface area contributed by atoms with Gasteiger partial charge in [0.15, 0.2) is 0 Å². The van der Waals surface area contributed by atoms with E-state index in [1.807, 2.05) is 0 Å². The Morgan fingerprint density at radius 2 is 1.85 bits per heavy atom. The van der Waals surface area contributed by atoms with E-state index in [1.54, 1.807) is 16.6 Å². The number of fused-ring (bicyclic) bond motifs is 1. The molecule has 0 spiro atoms. The Bertz CT molecular complexity index is 955. The van der Waals surface area contributed by atoms with Crippen LogP contribution < -0.4 is 4.90 Å². The minimum atomic E-state index is -0.445. The van der Waals surface area contributed by atoms with Crippen molar-refractivity contribution in [1.82, 2.24) is 19.6 Å². The number of hydrogen-bond acceptors (Lipinski definition) is 4. The van der Waals surface area contributed by atoms with Crippen molar-refractivity contribution in [2.75, 3.05) is 18.0 Å². The molecule has 136 valence electrons. The van der Waals surface area contributed by atoms with Gasteiger partial charge < -0.3 is 4.90 Å². The second-order valence-electron chi connectivity index (χ2n) is 7.32. The zero-order chi connectivity index (χ0) is 18.5. The molecule has 1 saturated heterocycles. The Labute approximate surface area is 160 Å². The van der Waals surface area contributed by atoms with Gasteiger partial charge in [-0.15, -0.1) is 0 Å². The molecule has 3 aromatic rings. The van der Waals surface area contributed by atoms with Crippen molar-refractivity contribution >= 4 is 34.8 Å². The molecule has 0 radical (unpaired) electrons. The van der Waals surface area contributed by atoms with Gasteiger partial charge in [0.2, 0.25) is 0 Å². The summed E-state index contributed by atoms with van der Waals surface area (Å²) in [5.74, 6) is 0.616. The van der Waals surface area contributed by atoms with Crippen LogP contribution in [0.1, 0.15) is 26.7 Å². The fourth-order valence-corrected chi connectivity index (χ4v) is 3.88. The maximum absolute atomic E-state index is 14.7. The Balaban J connectivity index is 1.97. The molecule has 1 aromatic carbocycles. The summed E-state index contributed by atoms with van der Waals surface area (Å²) in [6.07, 6.45) is 3.43. The quantitative estimate of drug-likeness (QED) is 0.583. The van der Waals surface area contributed by atoms with E-state index in [-0.39, 0.29) is 21.2 Å². The molecule has 0 atom stereocenters. The van der Waals surface area contributed by atoms with Gasteiger partial charge in [-0.2, -0.15) is 19.6 Å². The molecule has 8 heteroatoms. The lowest BCUT2D eigenvalue weighted by atomic mass is 9.82. The van der Waals surface area contributed by atoms with Crippen molar-refractivity contribution in [3.05, 3.63) is 40.5 Å². The van der Waals surface area contributed by atoms with Crippen molar-refractivity contribution in [2.45, 2.75) is 26.7 Å². The maximum atomic E-state index is 14.7. The minimum Gasteiger partial charge on any atom is -0.356 e. The molecular weight excluding hydrogens is 376 g/mol. The van der Waals surface area contributed by atoms with E-state index >= 15 is 0 Å². The molecule has 0 unspecified atom stereocenters. The highest BCUT2D eigenvalue weighted by atomic mass is 35.5. The maximum Gasteiger partial charge on any atom is 0.255 e. The zero-order valence-corrected chi connectivity index (χ0v) is 16.0. The van der Waals surface area contributed by atoms with Crippen LogP contribution in [0.15, 0.2) is 24.5 Å². The highest BCUT2D eigenvalue weighted by Crippen LogP contribution is 2.43. The van der Waals surface area contributed by atoms with Crippen molar-refractivity contribution in [1.29, 1.82) is 0 Å². The third-order valence-electron chi connectivity index (χ3n) is 4.99. The van der Waals surface area contributed by atoms with Gasteiger partial charge in [0.25, 0.3) is 5.78 Å². The molecule has 0 saturated carbocycles. The van der Waals surface area contributed by atoms with Crippen LogP contribution >= 0.6 is 23.2 Å². The van der Waals surface area contributed by atoms with Gasteiger partial charge in [-0.3, -0.25) is 0 Å². The molecule has 5 nitrogen and oxygen atoms in total. The summed E-state index contributed by atoms with van der Waals surface area (Å²) in [7, 11) is 0. The standard InChI is InChI=1S/C18H18Cl2FN5/c1-18(2)6-8-25(9-7-18)16-14(13-11(19)4-3-5-12(13)21)15(20)24-17-22-10-23-26(16)17/h3-5,10H,6-9H2,1-2H3. The molecule has 0 bridgehead atoms. The summed E-state index contributed by atoms with van der Waals surface area (Å²) in [4.78, 5) is 10.6. The number of piperidine rings is 1. The van der Waals surface area contributed by atoms with Gasteiger partial charge in [0.05, 0.1) is 10.6 Å². The van der Waals surface area contributed by atoms with E-state index in [0.717, 1.165) is 25.9 Å². The van der Waals surface area contributed by atoms with E-state index < -0.39 is 5.82 Å². The molecule has 1 aliphatic rings. The van der Waals surface area contributed by atoms with Crippen LogP contribution in [0.2, 0.25) is 10.2 Å². The summed E-state index contributed by atoms with van der Waals surface area (Å²) >= 11 is 12.8. The van der Waals surface area contributed by atoms with Crippen LogP contribution in [-0.4, -0.2) is 32.7 Å². The van der Waals surface area contributed by atoms with Crippen molar-refractivity contribution in [3.8, 4) is 11.1 Å². The Morgan fingerprint density at radius 3 is 2.54 bits per heavy atom. The van der Waals surface area contributed by atoms with Gasteiger partial charge in [0, 0.05) is 18.7 Å². The summed E-state index contributed by atoms with van der Waals surface area (Å²) in [5, 5.41) is 4.74. The number of halogens is 3. The van der Waals surface area contributed by atoms with Crippen molar-refractivity contribution in [2.24, 2.45) is 5.41 Å². The summed E-state index contributed by atoms with van der Waals surface area (Å²) in [5.41, 5.74) is 0.960. The predicted octanol–water partition coefficient (Wildman–Crippen LogP) is 4.86. The first-order chi connectivity index (χ1) is 12.4. The van der Waals surface area contributed by atoms with Gasteiger partial charge in [0.1, 0.15) is 23.1 Å². The van der Waals surface area contributed by atoms with Crippen molar-refractivity contribution < 1.29 is 4.39 Å². The molecule has 0 amide bonds. The summed E-state index contributed by atoms with van der Waals surface area (Å²) in [6, 6.07) is 4.58. The Hall–Kier alpha value is -1.92. The van der Waals surface area contributed by atoms with Crippen LogP contribution in [0.4, 0.5) is 10.2 Å². The fraction of sp³-hybridized carbons (Fsp3) is 0.389. The number of anilines is 1. The van der Waals surface area contributed by atoms with Gasteiger partial charge >= 0.3 is 0 Å². The average molecular weight is 394 g/mol. The highest BCUT2D eigenvalue weighted by Gasteiger charge is 2.31. The van der Waals surface area contributed by atoms with Crippen LogP contribution in [0.3, 0.4) is 0 Å². The van der Waals surface area contributed by atoms with E-state index in [4.69, 9.17) is 23.2 Å². The number of rotatable bonds is 2. The molecule has 26 heavy (non-hydrogen) atoms. The SMILES string of the molecule is CC1(C)CCN(c2c(-c3c(F)cccc3Cl)c(Cl)nc3ncnn23)CC1. The molecular formula is C18H18Cl2FN5. The average Bonchev–Trinajstić information content (AvgIpc) is 3.03. The third kappa shape index (κ3) is 2.91. The third-order valence-corrected chi connectivity index (χ3v) is 5.58. The van der Waals surface area contributed by atoms with E-state index in [9.17, 15) is 4.39 Å². The molecule has 2 aromatic heterocycles. The van der Waals surface area contributed by atoms with Crippen LogP contribution in [0, 0.1) is 11.2 Å². The molecule has 0 N–H and O–H groups in total. The molecule has 0 aliphatic carbocycles. The number of aromatic nitrogens is 4. The Morgan fingerprint density at radius 1 is 1.12 bits per heavy atom. The fourth-order valence-electron chi connectivity index (χ4n) is 3.37.